The quantitative estimate of drug-likeness (QED) is 0.481. The second-order valence-corrected chi connectivity index (χ2v) is 3.68. The minimum atomic E-state index is -1.10. The average molecular weight is 231 g/mol. The first-order valence-corrected chi connectivity index (χ1v) is 4.90. The van der Waals surface area contributed by atoms with Crippen LogP contribution in [-0.2, 0) is 9.59 Å². The zero-order chi connectivity index (χ0) is 12.7. The molecule has 0 aromatic carbocycles. The number of carboxylic acids is 1. The van der Waals surface area contributed by atoms with Crippen LogP contribution in [0.15, 0.2) is 0 Å². The van der Waals surface area contributed by atoms with Crippen LogP contribution in [0.5, 0.6) is 0 Å². The van der Waals surface area contributed by atoms with E-state index in [1.807, 2.05) is 0 Å². The first-order chi connectivity index (χ1) is 7.34. The molecule has 7 heteroatoms. The molecule has 0 aliphatic heterocycles. The van der Waals surface area contributed by atoms with E-state index in [1.54, 1.807) is 13.8 Å². The predicted octanol–water partition coefficient (Wildman–Crippen LogP) is -0.730. The summed E-state index contributed by atoms with van der Waals surface area (Å²) in [5, 5.41) is 13.4. The van der Waals surface area contributed by atoms with Gasteiger partial charge in [-0.1, -0.05) is 13.8 Å². The standard InChI is InChI=1S/C9H17N3O4/c1-5(2)7(8(14)15)12-9(16)11-4-3-6(10)13/h5,7H,3-4H2,1-2H3,(H2,10,13)(H,14,15)(H2,11,12,16)/t7-/m1/s1. The number of rotatable bonds is 6. The van der Waals surface area contributed by atoms with Crippen molar-refractivity contribution in [2.75, 3.05) is 6.54 Å². The minimum absolute atomic E-state index is 0.0207. The Morgan fingerprint density at radius 1 is 1.31 bits per heavy atom. The van der Waals surface area contributed by atoms with Gasteiger partial charge in [-0.3, -0.25) is 4.79 Å². The SMILES string of the molecule is CC(C)[C@@H](NC(=O)NCCC(N)=O)C(=O)O. The molecule has 0 unspecified atom stereocenters. The lowest BCUT2D eigenvalue weighted by atomic mass is 10.1. The second-order valence-electron chi connectivity index (χ2n) is 3.68. The Morgan fingerprint density at radius 2 is 1.88 bits per heavy atom. The van der Waals surface area contributed by atoms with Gasteiger partial charge in [0, 0.05) is 13.0 Å². The van der Waals surface area contributed by atoms with E-state index in [0.29, 0.717) is 0 Å². The maximum atomic E-state index is 11.2. The van der Waals surface area contributed by atoms with E-state index in [-0.39, 0.29) is 18.9 Å². The van der Waals surface area contributed by atoms with Crippen LogP contribution in [-0.4, -0.2) is 35.6 Å². The number of nitrogens with one attached hydrogen (secondary N) is 2. The molecule has 3 amide bonds. The number of hydrogen-bond acceptors (Lipinski definition) is 3. The van der Waals surface area contributed by atoms with Crippen molar-refractivity contribution in [3.8, 4) is 0 Å². The van der Waals surface area contributed by atoms with Gasteiger partial charge >= 0.3 is 12.0 Å². The summed E-state index contributed by atoms with van der Waals surface area (Å²) in [5.74, 6) is -1.85. The summed E-state index contributed by atoms with van der Waals surface area (Å²) in [6, 6.07) is -1.57. The number of carboxylic acid groups (broad SMARTS) is 1. The Hall–Kier alpha value is -1.79. The number of primary amides is 1. The number of aliphatic carboxylic acids is 1. The fourth-order valence-corrected chi connectivity index (χ4v) is 1.01. The van der Waals surface area contributed by atoms with Crippen LogP contribution in [0, 0.1) is 5.92 Å². The van der Waals surface area contributed by atoms with Crippen molar-refractivity contribution in [1.29, 1.82) is 0 Å². The summed E-state index contributed by atoms with van der Waals surface area (Å²) >= 11 is 0. The summed E-state index contributed by atoms with van der Waals surface area (Å²) in [6.07, 6.45) is 0.0207. The lowest BCUT2D eigenvalue weighted by Gasteiger charge is -2.18. The van der Waals surface area contributed by atoms with Gasteiger partial charge in [0.1, 0.15) is 6.04 Å². The van der Waals surface area contributed by atoms with Gasteiger partial charge in [-0.25, -0.2) is 9.59 Å². The molecule has 0 rings (SSSR count). The molecule has 1 atom stereocenters. The Bertz CT molecular complexity index is 278. The largest absolute Gasteiger partial charge is 0.480 e. The van der Waals surface area contributed by atoms with Crippen LogP contribution in [0.25, 0.3) is 0 Å². The van der Waals surface area contributed by atoms with E-state index in [2.05, 4.69) is 10.6 Å². The molecule has 0 spiro atoms. The summed E-state index contributed by atoms with van der Waals surface area (Å²) < 4.78 is 0. The number of carbonyl (C=O) groups is 3. The third-order valence-corrected chi connectivity index (χ3v) is 1.88. The Balaban J connectivity index is 4.01. The highest BCUT2D eigenvalue weighted by Gasteiger charge is 2.22. The Kier molecular flexibility index (Phi) is 5.91. The average Bonchev–Trinajstić information content (AvgIpc) is 2.12. The Morgan fingerprint density at radius 3 is 2.25 bits per heavy atom. The minimum Gasteiger partial charge on any atom is -0.480 e. The zero-order valence-corrected chi connectivity index (χ0v) is 9.32. The number of carbonyl (C=O) groups excluding carboxylic acids is 2. The molecule has 0 fully saturated rings. The highest BCUT2D eigenvalue weighted by Crippen LogP contribution is 2.00. The molecule has 0 bridgehead atoms. The molecular weight excluding hydrogens is 214 g/mol. The fraction of sp³-hybridized carbons (Fsp3) is 0.667. The van der Waals surface area contributed by atoms with Crippen LogP contribution in [0.3, 0.4) is 0 Å². The van der Waals surface area contributed by atoms with Gasteiger partial charge < -0.3 is 21.5 Å². The molecule has 0 saturated heterocycles. The van der Waals surface area contributed by atoms with Crippen molar-refractivity contribution in [2.45, 2.75) is 26.3 Å². The monoisotopic (exact) mass is 231 g/mol. The highest BCUT2D eigenvalue weighted by molar-refractivity contribution is 5.83. The summed E-state index contributed by atoms with van der Waals surface area (Å²) in [7, 11) is 0. The molecule has 16 heavy (non-hydrogen) atoms. The molecular formula is C9H17N3O4. The molecule has 0 heterocycles. The maximum absolute atomic E-state index is 11.2. The topological polar surface area (TPSA) is 122 Å². The summed E-state index contributed by atoms with van der Waals surface area (Å²) in [4.78, 5) is 32.3. The predicted molar refractivity (Wildman–Crippen MR) is 56.6 cm³/mol. The van der Waals surface area contributed by atoms with E-state index < -0.39 is 23.9 Å². The van der Waals surface area contributed by atoms with Gasteiger partial charge in [-0.2, -0.15) is 0 Å². The van der Waals surface area contributed by atoms with Crippen LogP contribution < -0.4 is 16.4 Å². The highest BCUT2D eigenvalue weighted by atomic mass is 16.4. The van der Waals surface area contributed by atoms with Gasteiger partial charge in [0.15, 0.2) is 0 Å². The molecule has 5 N–H and O–H groups in total. The Labute approximate surface area is 93.4 Å². The van der Waals surface area contributed by atoms with Crippen molar-refractivity contribution in [3.05, 3.63) is 0 Å². The first-order valence-electron chi connectivity index (χ1n) is 4.90. The number of amides is 3. The van der Waals surface area contributed by atoms with Crippen molar-refractivity contribution in [3.63, 3.8) is 0 Å². The molecule has 0 aromatic rings. The zero-order valence-electron chi connectivity index (χ0n) is 9.32. The van der Waals surface area contributed by atoms with Crippen LogP contribution in [0.1, 0.15) is 20.3 Å². The van der Waals surface area contributed by atoms with E-state index in [1.165, 1.54) is 0 Å². The normalized spacial score (nSPS) is 11.9. The molecule has 0 aliphatic rings. The molecule has 92 valence electrons. The maximum Gasteiger partial charge on any atom is 0.326 e. The summed E-state index contributed by atoms with van der Waals surface area (Å²) in [6.45, 7) is 3.45. The van der Waals surface area contributed by atoms with E-state index in [4.69, 9.17) is 10.8 Å². The molecule has 0 aromatic heterocycles. The number of urea groups is 1. The van der Waals surface area contributed by atoms with Gasteiger partial charge in [-0.05, 0) is 5.92 Å². The molecule has 7 nitrogen and oxygen atoms in total. The van der Waals surface area contributed by atoms with Crippen molar-refractivity contribution in [2.24, 2.45) is 11.7 Å². The third kappa shape index (κ3) is 5.84. The van der Waals surface area contributed by atoms with E-state index in [0.717, 1.165) is 0 Å². The van der Waals surface area contributed by atoms with Crippen molar-refractivity contribution >= 4 is 17.9 Å². The smallest absolute Gasteiger partial charge is 0.326 e. The van der Waals surface area contributed by atoms with E-state index in [9.17, 15) is 14.4 Å². The van der Waals surface area contributed by atoms with Crippen LogP contribution >= 0.6 is 0 Å². The molecule has 0 saturated carbocycles. The van der Waals surface area contributed by atoms with Crippen LogP contribution in [0.2, 0.25) is 0 Å². The third-order valence-electron chi connectivity index (χ3n) is 1.88. The van der Waals surface area contributed by atoms with Gasteiger partial charge in [0.25, 0.3) is 0 Å². The van der Waals surface area contributed by atoms with Gasteiger partial charge in [0.05, 0.1) is 0 Å². The number of nitrogens with two attached hydrogens (primary N) is 1. The lowest BCUT2D eigenvalue weighted by Crippen LogP contribution is -2.49. The molecule has 0 radical (unpaired) electrons. The van der Waals surface area contributed by atoms with Crippen molar-refractivity contribution < 1.29 is 19.5 Å². The number of hydrogen-bond donors (Lipinski definition) is 4. The lowest BCUT2D eigenvalue weighted by molar-refractivity contribution is -0.140. The summed E-state index contributed by atoms with van der Waals surface area (Å²) in [5.41, 5.74) is 4.87. The second kappa shape index (κ2) is 6.65. The van der Waals surface area contributed by atoms with Crippen molar-refractivity contribution in [1.82, 2.24) is 10.6 Å². The van der Waals surface area contributed by atoms with E-state index >= 15 is 0 Å². The van der Waals surface area contributed by atoms with Gasteiger partial charge in [-0.15, -0.1) is 0 Å². The fourth-order valence-electron chi connectivity index (χ4n) is 1.01. The van der Waals surface area contributed by atoms with Crippen LogP contribution in [0.4, 0.5) is 4.79 Å². The molecule has 0 aliphatic carbocycles. The van der Waals surface area contributed by atoms with Gasteiger partial charge in [0.2, 0.25) is 5.91 Å². The first kappa shape index (κ1) is 14.2.